The van der Waals surface area contributed by atoms with Crippen molar-refractivity contribution < 1.29 is 28.6 Å². The number of allylic oxidation sites excluding steroid dienone is 1. The van der Waals surface area contributed by atoms with Crippen molar-refractivity contribution in [3.05, 3.63) is 12.7 Å². The summed E-state index contributed by atoms with van der Waals surface area (Å²) in [6.07, 6.45) is 3.16. The Hall–Kier alpha value is -1.85. The number of esters is 3. The van der Waals surface area contributed by atoms with Gasteiger partial charge in [-0.2, -0.15) is 0 Å². The maximum Gasteiger partial charge on any atom is 0.323 e. The van der Waals surface area contributed by atoms with Gasteiger partial charge in [0.2, 0.25) is 0 Å². The first-order valence-corrected chi connectivity index (χ1v) is 8.09. The molecule has 0 unspecified atom stereocenters. The third-order valence-electron chi connectivity index (χ3n) is 3.41. The van der Waals surface area contributed by atoms with Gasteiger partial charge in [0.05, 0.1) is 19.8 Å². The van der Waals surface area contributed by atoms with Crippen LogP contribution in [0, 0.1) is 5.41 Å². The average Bonchev–Trinajstić information content (AvgIpc) is 2.51. The minimum Gasteiger partial charge on any atom is -0.466 e. The van der Waals surface area contributed by atoms with E-state index >= 15 is 0 Å². The molecule has 0 aliphatic heterocycles. The van der Waals surface area contributed by atoms with Gasteiger partial charge in [-0.3, -0.25) is 14.4 Å². The van der Waals surface area contributed by atoms with E-state index in [9.17, 15) is 14.4 Å². The molecule has 23 heavy (non-hydrogen) atoms. The quantitative estimate of drug-likeness (QED) is 0.180. The molecule has 0 aromatic rings. The number of hydrogen-bond donors (Lipinski definition) is 0. The molecule has 0 radical (unpaired) electrons. The van der Waals surface area contributed by atoms with E-state index in [1.165, 1.54) is 0 Å². The SMILES string of the molecule is C=CCCCC(CCC(=O)OCC)(C(=O)OCC)C(=O)OCC. The van der Waals surface area contributed by atoms with E-state index in [0.717, 1.165) is 0 Å². The molecule has 0 atom stereocenters. The van der Waals surface area contributed by atoms with Gasteiger partial charge in [-0.1, -0.05) is 6.08 Å². The zero-order chi connectivity index (χ0) is 17.7. The number of carbonyl (C=O) groups excluding carboxylic acids is 3. The number of hydrogen-bond acceptors (Lipinski definition) is 6. The Morgan fingerprint density at radius 1 is 0.913 bits per heavy atom. The number of ether oxygens (including phenoxy) is 3. The third kappa shape index (κ3) is 6.84. The smallest absolute Gasteiger partial charge is 0.323 e. The Kier molecular flexibility index (Phi) is 10.7. The van der Waals surface area contributed by atoms with E-state index in [4.69, 9.17) is 14.2 Å². The van der Waals surface area contributed by atoms with Crippen LogP contribution in [-0.2, 0) is 28.6 Å². The van der Waals surface area contributed by atoms with Crippen molar-refractivity contribution in [2.24, 2.45) is 5.41 Å². The van der Waals surface area contributed by atoms with Crippen molar-refractivity contribution in [1.29, 1.82) is 0 Å². The maximum atomic E-state index is 12.4. The third-order valence-corrected chi connectivity index (χ3v) is 3.41. The van der Waals surface area contributed by atoms with Crippen LogP contribution in [0.1, 0.15) is 52.9 Å². The van der Waals surface area contributed by atoms with Gasteiger partial charge in [-0.05, 0) is 46.5 Å². The fraction of sp³-hybridized carbons (Fsp3) is 0.706. The Morgan fingerprint density at radius 3 is 1.87 bits per heavy atom. The monoisotopic (exact) mass is 328 g/mol. The normalized spacial score (nSPS) is 10.7. The summed E-state index contributed by atoms with van der Waals surface area (Å²) in [4.78, 5) is 36.5. The molecule has 6 nitrogen and oxygen atoms in total. The van der Waals surface area contributed by atoms with Crippen molar-refractivity contribution in [3.8, 4) is 0 Å². The highest BCUT2D eigenvalue weighted by Gasteiger charge is 2.48. The lowest BCUT2D eigenvalue weighted by atomic mass is 9.78. The number of unbranched alkanes of at least 4 members (excludes halogenated alkanes) is 1. The van der Waals surface area contributed by atoms with Crippen LogP contribution in [0.2, 0.25) is 0 Å². The highest BCUT2D eigenvalue weighted by atomic mass is 16.6. The molecule has 0 aromatic heterocycles. The van der Waals surface area contributed by atoms with Gasteiger partial charge in [0, 0.05) is 6.42 Å². The molecule has 0 rings (SSSR count). The maximum absolute atomic E-state index is 12.4. The van der Waals surface area contributed by atoms with Crippen LogP contribution < -0.4 is 0 Å². The fourth-order valence-electron chi connectivity index (χ4n) is 2.25. The van der Waals surface area contributed by atoms with Crippen LogP contribution >= 0.6 is 0 Å². The molecule has 6 heteroatoms. The summed E-state index contributed by atoms with van der Waals surface area (Å²) in [6.45, 7) is 9.23. The van der Waals surface area contributed by atoms with Gasteiger partial charge in [-0.15, -0.1) is 6.58 Å². The lowest BCUT2D eigenvalue weighted by Crippen LogP contribution is -2.42. The molecule has 0 aliphatic rings. The lowest BCUT2D eigenvalue weighted by Gasteiger charge is -2.28. The molecule has 132 valence electrons. The Bertz CT molecular complexity index is 384. The molecule has 0 bridgehead atoms. The van der Waals surface area contributed by atoms with E-state index in [2.05, 4.69) is 6.58 Å². The minimum atomic E-state index is -1.47. The highest BCUT2D eigenvalue weighted by Crippen LogP contribution is 2.34. The lowest BCUT2D eigenvalue weighted by molar-refractivity contribution is -0.174. The summed E-state index contributed by atoms with van der Waals surface area (Å²) in [7, 11) is 0. The van der Waals surface area contributed by atoms with E-state index < -0.39 is 23.3 Å². The van der Waals surface area contributed by atoms with Crippen molar-refractivity contribution >= 4 is 17.9 Å². The highest BCUT2D eigenvalue weighted by molar-refractivity contribution is 6.00. The zero-order valence-corrected chi connectivity index (χ0v) is 14.4. The fourth-order valence-corrected chi connectivity index (χ4v) is 2.25. The first-order chi connectivity index (χ1) is 11.0. The van der Waals surface area contributed by atoms with Crippen LogP contribution in [0.3, 0.4) is 0 Å². The molecule has 0 aliphatic carbocycles. The summed E-state index contributed by atoms with van der Waals surface area (Å²) in [5.74, 6) is -1.74. The van der Waals surface area contributed by atoms with E-state index in [1.807, 2.05) is 0 Å². The van der Waals surface area contributed by atoms with E-state index in [-0.39, 0.29) is 39.1 Å². The van der Waals surface area contributed by atoms with Crippen molar-refractivity contribution in [2.75, 3.05) is 19.8 Å². The Balaban J connectivity index is 5.33. The zero-order valence-electron chi connectivity index (χ0n) is 14.4. The average molecular weight is 328 g/mol. The summed E-state index contributed by atoms with van der Waals surface area (Å²) < 4.78 is 15.0. The molecule has 0 spiro atoms. The van der Waals surface area contributed by atoms with Crippen molar-refractivity contribution in [1.82, 2.24) is 0 Å². The number of carbonyl (C=O) groups is 3. The van der Waals surface area contributed by atoms with E-state index in [0.29, 0.717) is 12.8 Å². The van der Waals surface area contributed by atoms with Crippen LogP contribution in [0.15, 0.2) is 12.7 Å². The van der Waals surface area contributed by atoms with Gasteiger partial charge in [0.15, 0.2) is 5.41 Å². The second kappa shape index (κ2) is 11.7. The van der Waals surface area contributed by atoms with Crippen LogP contribution in [0.25, 0.3) is 0 Å². The summed E-state index contributed by atoms with van der Waals surface area (Å²) in [6, 6.07) is 0. The Labute approximate surface area is 138 Å². The first-order valence-electron chi connectivity index (χ1n) is 8.09. The van der Waals surface area contributed by atoms with Crippen molar-refractivity contribution in [2.45, 2.75) is 52.9 Å². The first kappa shape index (κ1) is 21.1. The standard InChI is InChI=1S/C17H28O6/c1-5-9-10-12-17(15(19)22-7-3,16(20)23-8-4)13-11-14(18)21-6-2/h5H,1,6-13H2,2-4H3. The van der Waals surface area contributed by atoms with Gasteiger partial charge < -0.3 is 14.2 Å². The summed E-state index contributed by atoms with van der Waals surface area (Å²) >= 11 is 0. The minimum absolute atomic E-state index is 0.0145. The predicted octanol–water partition coefficient (Wildman–Crippen LogP) is 2.80. The molecule has 0 aromatic carbocycles. The number of rotatable bonds is 12. The molecule has 0 amide bonds. The largest absolute Gasteiger partial charge is 0.466 e. The van der Waals surface area contributed by atoms with Gasteiger partial charge in [0.25, 0.3) is 0 Å². The molecular formula is C17H28O6. The molecule has 0 saturated carbocycles. The van der Waals surface area contributed by atoms with Gasteiger partial charge >= 0.3 is 17.9 Å². The molecule has 0 N–H and O–H groups in total. The second-order valence-electron chi connectivity index (χ2n) is 5.01. The predicted molar refractivity (Wildman–Crippen MR) is 85.6 cm³/mol. The molecule has 0 heterocycles. The molecule has 0 fully saturated rings. The van der Waals surface area contributed by atoms with E-state index in [1.54, 1.807) is 26.8 Å². The topological polar surface area (TPSA) is 78.9 Å². The van der Waals surface area contributed by atoms with Gasteiger partial charge in [0.1, 0.15) is 0 Å². The summed E-state index contributed by atoms with van der Waals surface area (Å²) in [5.41, 5.74) is -1.47. The summed E-state index contributed by atoms with van der Waals surface area (Å²) in [5, 5.41) is 0. The Morgan fingerprint density at radius 2 is 1.43 bits per heavy atom. The van der Waals surface area contributed by atoms with Crippen LogP contribution in [0.4, 0.5) is 0 Å². The second-order valence-corrected chi connectivity index (χ2v) is 5.01. The van der Waals surface area contributed by atoms with Crippen LogP contribution in [0.5, 0.6) is 0 Å². The van der Waals surface area contributed by atoms with Crippen LogP contribution in [-0.4, -0.2) is 37.7 Å². The molecule has 0 saturated heterocycles. The van der Waals surface area contributed by atoms with Crippen molar-refractivity contribution in [3.63, 3.8) is 0 Å². The molecular weight excluding hydrogens is 300 g/mol. The van der Waals surface area contributed by atoms with Gasteiger partial charge in [-0.25, -0.2) is 0 Å².